The average molecular weight is 439 g/mol. The molecule has 0 aromatic heterocycles. The van der Waals surface area contributed by atoms with Crippen molar-refractivity contribution in [3.05, 3.63) is 68.4 Å². The van der Waals surface area contributed by atoms with E-state index < -0.39 is 11.8 Å². The normalized spacial score (nSPS) is 11.0. The van der Waals surface area contributed by atoms with Gasteiger partial charge in [0, 0.05) is 15.6 Å². The van der Waals surface area contributed by atoms with Crippen LogP contribution < -0.4 is 4.74 Å². The number of rotatable bonds is 6. The van der Waals surface area contributed by atoms with E-state index in [0.29, 0.717) is 11.3 Å². The number of halogens is 3. The smallest absolute Gasteiger partial charge is 0.348 e. The van der Waals surface area contributed by atoms with Crippen LogP contribution in [0.3, 0.4) is 0 Å². The number of carbonyl (C=O) groups excluding carboxylic acids is 1. The summed E-state index contributed by atoms with van der Waals surface area (Å²) >= 11 is 9.33. The molecule has 0 aliphatic heterocycles. The van der Waals surface area contributed by atoms with Crippen LogP contribution in [0.2, 0.25) is 5.02 Å². The summed E-state index contributed by atoms with van der Waals surface area (Å²) < 4.78 is 25.1. The molecule has 0 atom stereocenters. The summed E-state index contributed by atoms with van der Waals surface area (Å²) in [5.74, 6) is -0.835. The van der Waals surface area contributed by atoms with Gasteiger partial charge in [-0.05, 0) is 43.3 Å². The molecule has 0 aliphatic carbocycles. The van der Waals surface area contributed by atoms with Gasteiger partial charge in [0.25, 0.3) is 0 Å². The van der Waals surface area contributed by atoms with Crippen molar-refractivity contribution in [1.29, 1.82) is 5.26 Å². The molecule has 0 bridgehead atoms. The van der Waals surface area contributed by atoms with E-state index in [1.807, 2.05) is 6.07 Å². The molecule has 134 valence electrons. The second-order valence-corrected chi connectivity index (χ2v) is 6.38. The highest BCUT2D eigenvalue weighted by atomic mass is 79.9. The number of carbonyl (C=O) groups is 1. The molecule has 7 heteroatoms. The van der Waals surface area contributed by atoms with Gasteiger partial charge in [0.05, 0.1) is 11.6 Å². The molecule has 2 rings (SSSR count). The van der Waals surface area contributed by atoms with Crippen LogP contribution >= 0.6 is 27.5 Å². The molecular weight excluding hydrogens is 425 g/mol. The van der Waals surface area contributed by atoms with Crippen molar-refractivity contribution in [1.82, 2.24) is 0 Å². The highest BCUT2D eigenvalue weighted by molar-refractivity contribution is 9.10. The zero-order valence-electron chi connectivity index (χ0n) is 13.8. The minimum absolute atomic E-state index is 0.102. The van der Waals surface area contributed by atoms with Gasteiger partial charge in [-0.2, -0.15) is 5.26 Å². The van der Waals surface area contributed by atoms with Crippen LogP contribution in [0.4, 0.5) is 4.39 Å². The predicted octanol–water partition coefficient (Wildman–Crippen LogP) is 5.29. The molecule has 0 fully saturated rings. The van der Waals surface area contributed by atoms with Crippen LogP contribution in [-0.2, 0) is 16.1 Å². The summed E-state index contributed by atoms with van der Waals surface area (Å²) in [6, 6.07) is 11.2. The first-order chi connectivity index (χ1) is 12.5. The van der Waals surface area contributed by atoms with Crippen LogP contribution in [0.15, 0.2) is 46.4 Å². The van der Waals surface area contributed by atoms with Crippen LogP contribution in [0, 0.1) is 17.1 Å². The number of esters is 1. The van der Waals surface area contributed by atoms with Gasteiger partial charge < -0.3 is 9.47 Å². The maximum absolute atomic E-state index is 13.9. The van der Waals surface area contributed by atoms with E-state index in [9.17, 15) is 14.4 Å². The summed E-state index contributed by atoms with van der Waals surface area (Å²) in [5, 5.41) is 9.44. The molecule has 0 amide bonds. The first-order valence-corrected chi connectivity index (χ1v) is 8.77. The van der Waals surface area contributed by atoms with Gasteiger partial charge in [0.1, 0.15) is 29.8 Å². The third-order valence-corrected chi connectivity index (χ3v) is 4.17. The topological polar surface area (TPSA) is 59.3 Å². The van der Waals surface area contributed by atoms with Gasteiger partial charge in [-0.25, -0.2) is 9.18 Å². The molecule has 0 spiro atoms. The Labute approximate surface area is 163 Å². The van der Waals surface area contributed by atoms with Gasteiger partial charge in [-0.3, -0.25) is 0 Å². The number of benzene rings is 2. The molecular formula is C19H14BrClFNO3. The second kappa shape index (κ2) is 9.37. The lowest BCUT2D eigenvalue weighted by atomic mass is 10.1. The summed E-state index contributed by atoms with van der Waals surface area (Å²) in [7, 11) is 0. The molecule has 0 N–H and O–H groups in total. The van der Waals surface area contributed by atoms with Crippen molar-refractivity contribution in [3.8, 4) is 11.8 Å². The highest BCUT2D eigenvalue weighted by Crippen LogP contribution is 2.28. The summed E-state index contributed by atoms with van der Waals surface area (Å²) in [6.07, 6.45) is 1.36. The average Bonchev–Trinajstić information content (AvgIpc) is 2.60. The summed E-state index contributed by atoms with van der Waals surface area (Å²) in [4.78, 5) is 11.8. The van der Waals surface area contributed by atoms with Gasteiger partial charge in [0.2, 0.25) is 0 Å². The third kappa shape index (κ3) is 5.07. The standard InChI is InChI=1S/C19H14BrClFNO3/c1-2-25-19(24)13(10-23)8-12-9-14(20)6-7-18(12)26-11-15-16(21)4-3-5-17(15)22/h3-9H,2,11H2,1H3/b13-8+. The molecule has 0 heterocycles. The number of nitriles is 1. The quantitative estimate of drug-likeness (QED) is 0.349. The second-order valence-electron chi connectivity index (χ2n) is 5.06. The fourth-order valence-corrected chi connectivity index (χ4v) is 2.68. The van der Waals surface area contributed by atoms with Gasteiger partial charge in [-0.1, -0.05) is 33.6 Å². The van der Waals surface area contributed by atoms with Gasteiger partial charge in [-0.15, -0.1) is 0 Å². The number of hydrogen-bond acceptors (Lipinski definition) is 4. The van der Waals surface area contributed by atoms with E-state index in [2.05, 4.69) is 15.9 Å². The Morgan fingerprint density at radius 1 is 1.38 bits per heavy atom. The predicted molar refractivity (Wildman–Crippen MR) is 100 cm³/mol. The van der Waals surface area contributed by atoms with E-state index in [1.165, 1.54) is 18.2 Å². The van der Waals surface area contributed by atoms with Crippen molar-refractivity contribution in [2.45, 2.75) is 13.5 Å². The van der Waals surface area contributed by atoms with E-state index in [1.54, 1.807) is 31.2 Å². The molecule has 4 nitrogen and oxygen atoms in total. The third-order valence-electron chi connectivity index (χ3n) is 3.32. The zero-order chi connectivity index (χ0) is 19.1. The van der Waals surface area contributed by atoms with Crippen molar-refractivity contribution in [2.24, 2.45) is 0 Å². The van der Waals surface area contributed by atoms with Crippen LogP contribution in [0.1, 0.15) is 18.1 Å². The molecule has 26 heavy (non-hydrogen) atoms. The Balaban J connectivity index is 2.33. The van der Waals surface area contributed by atoms with Crippen molar-refractivity contribution in [2.75, 3.05) is 6.61 Å². The zero-order valence-corrected chi connectivity index (χ0v) is 16.1. The van der Waals surface area contributed by atoms with Crippen molar-refractivity contribution in [3.63, 3.8) is 0 Å². The van der Waals surface area contributed by atoms with Crippen LogP contribution in [0.5, 0.6) is 5.75 Å². The molecule has 0 saturated heterocycles. The summed E-state index contributed by atoms with van der Waals surface area (Å²) in [6.45, 7) is 1.71. The number of ether oxygens (including phenoxy) is 2. The molecule has 2 aromatic rings. The van der Waals surface area contributed by atoms with Crippen molar-refractivity contribution >= 4 is 39.6 Å². The number of nitrogens with zero attached hydrogens (tertiary/aromatic N) is 1. The largest absolute Gasteiger partial charge is 0.488 e. The van der Waals surface area contributed by atoms with Crippen molar-refractivity contribution < 1.29 is 18.7 Å². The molecule has 2 aromatic carbocycles. The van der Waals surface area contributed by atoms with E-state index >= 15 is 0 Å². The maximum atomic E-state index is 13.9. The highest BCUT2D eigenvalue weighted by Gasteiger charge is 2.13. The van der Waals surface area contributed by atoms with E-state index in [0.717, 1.165) is 4.47 Å². The van der Waals surface area contributed by atoms with Gasteiger partial charge in [0.15, 0.2) is 0 Å². The Bertz CT molecular complexity index is 873. The van der Waals surface area contributed by atoms with E-state index in [4.69, 9.17) is 21.1 Å². The maximum Gasteiger partial charge on any atom is 0.348 e. The SMILES string of the molecule is CCOC(=O)/C(C#N)=C/c1cc(Br)ccc1OCc1c(F)cccc1Cl. The monoisotopic (exact) mass is 437 g/mol. The minimum atomic E-state index is -0.724. The van der Waals surface area contributed by atoms with Crippen LogP contribution in [-0.4, -0.2) is 12.6 Å². The Morgan fingerprint density at radius 3 is 2.81 bits per heavy atom. The molecule has 0 aliphatic rings. The Kier molecular flexibility index (Phi) is 7.19. The Morgan fingerprint density at radius 2 is 2.15 bits per heavy atom. The van der Waals surface area contributed by atoms with Crippen LogP contribution in [0.25, 0.3) is 6.08 Å². The van der Waals surface area contributed by atoms with Gasteiger partial charge >= 0.3 is 5.97 Å². The first-order valence-electron chi connectivity index (χ1n) is 7.60. The van der Waals surface area contributed by atoms with E-state index in [-0.39, 0.29) is 29.4 Å². The minimum Gasteiger partial charge on any atom is -0.488 e. The molecule has 0 unspecified atom stereocenters. The summed E-state index contributed by atoms with van der Waals surface area (Å²) in [5.41, 5.74) is 0.521. The Hall–Kier alpha value is -2.36. The lowest BCUT2D eigenvalue weighted by Crippen LogP contribution is -2.06. The number of hydrogen-bond donors (Lipinski definition) is 0. The lowest BCUT2D eigenvalue weighted by molar-refractivity contribution is -0.137. The molecule has 0 saturated carbocycles. The fourth-order valence-electron chi connectivity index (χ4n) is 2.08. The molecule has 0 radical (unpaired) electrons. The fraction of sp³-hybridized carbons (Fsp3) is 0.158. The first kappa shape index (κ1) is 20.0. The lowest BCUT2D eigenvalue weighted by Gasteiger charge is -2.12.